The lowest BCUT2D eigenvalue weighted by Crippen LogP contribution is -2.34. The predicted molar refractivity (Wildman–Crippen MR) is 93.0 cm³/mol. The van der Waals surface area contributed by atoms with Crippen LogP contribution >= 0.6 is 23.8 Å². The first-order valence-electron chi connectivity index (χ1n) is 6.50. The minimum Gasteiger partial charge on any atom is -0.332 e. The molecule has 0 spiro atoms. The molecule has 0 atom stereocenters. The molecule has 2 N–H and O–H groups in total. The molecule has 0 heterocycles. The molecule has 6 nitrogen and oxygen atoms in total. The third kappa shape index (κ3) is 4.48. The van der Waals surface area contributed by atoms with E-state index < -0.39 is 4.92 Å². The predicted octanol–water partition coefficient (Wildman–Crippen LogP) is 3.68. The van der Waals surface area contributed by atoms with Crippen molar-refractivity contribution >= 4 is 46.2 Å². The number of hydrogen-bond donors (Lipinski definition) is 2. The molecule has 1 amide bonds. The Morgan fingerprint density at radius 1 is 1.22 bits per heavy atom. The number of rotatable bonds is 3. The minimum atomic E-state index is -0.596. The number of nitro benzene ring substituents is 1. The van der Waals surface area contributed by atoms with Gasteiger partial charge in [0.25, 0.3) is 11.6 Å². The second-order valence-electron chi connectivity index (χ2n) is 4.70. The van der Waals surface area contributed by atoms with E-state index in [1.165, 1.54) is 18.2 Å². The van der Waals surface area contributed by atoms with Crippen LogP contribution in [0.5, 0.6) is 0 Å². The number of nitrogens with one attached hydrogen (secondary N) is 2. The molecule has 2 rings (SSSR count). The average Bonchev–Trinajstić information content (AvgIpc) is 2.49. The number of hydrogen-bond acceptors (Lipinski definition) is 4. The summed E-state index contributed by atoms with van der Waals surface area (Å²) in [6.07, 6.45) is 0. The summed E-state index contributed by atoms with van der Waals surface area (Å²) in [6, 6.07) is 11.1. The van der Waals surface area contributed by atoms with Crippen LogP contribution in [-0.2, 0) is 0 Å². The number of nitrogens with zero attached hydrogens (tertiary/aromatic N) is 1. The molecule has 0 aliphatic heterocycles. The second-order valence-corrected chi connectivity index (χ2v) is 5.51. The Labute approximate surface area is 142 Å². The Bertz CT molecular complexity index is 778. The molecule has 2 aromatic carbocycles. The highest BCUT2D eigenvalue weighted by Crippen LogP contribution is 2.27. The lowest BCUT2D eigenvalue weighted by atomic mass is 10.1. The van der Waals surface area contributed by atoms with Crippen LogP contribution in [0, 0.1) is 17.0 Å². The lowest BCUT2D eigenvalue weighted by Gasteiger charge is -2.10. The molecular formula is C15H12ClN3O3S. The van der Waals surface area contributed by atoms with Crippen molar-refractivity contribution in [3.63, 3.8) is 0 Å². The van der Waals surface area contributed by atoms with Crippen LogP contribution in [0.1, 0.15) is 15.9 Å². The Kier molecular flexibility index (Phi) is 5.25. The summed E-state index contributed by atoms with van der Waals surface area (Å²) in [6.45, 7) is 1.92. The molecule has 0 saturated carbocycles. The van der Waals surface area contributed by atoms with Gasteiger partial charge in [-0.2, -0.15) is 0 Å². The van der Waals surface area contributed by atoms with Gasteiger partial charge in [-0.05, 0) is 43.4 Å². The molecule has 0 aliphatic carbocycles. The highest BCUT2D eigenvalue weighted by atomic mass is 35.5. The van der Waals surface area contributed by atoms with Gasteiger partial charge in [0.2, 0.25) is 0 Å². The Balaban J connectivity index is 2.05. The number of thiocarbonyl (C=S) groups is 1. The Hall–Kier alpha value is -2.51. The third-order valence-corrected chi connectivity index (χ3v) is 3.47. The van der Waals surface area contributed by atoms with Crippen molar-refractivity contribution in [1.82, 2.24) is 5.32 Å². The highest BCUT2D eigenvalue weighted by molar-refractivity contribution is 7.80. The van der Waals surface area contributed by atoms with Crippen molar-refractivity contribution in [2.75, 3.05) is 5.32 Å². The fraction of sp³-hybridized carbons (Fsp3) is 0.0667. The van der Waals surface area contributed by atoms with E-state index in [2.05, 4.69) is 10.6 Å². The van der Waals surface area contributed by atoms with Crippen molar-refractivity contribution in [3.05, 3.63) is 68.7 Å². The molecule has 0 fully saturated rings. The van der Waals surface area contributed by atoms with Gasteiger partial charge in [0, 0.05) is 17.3 Å². The zero-order valence-corrected chi connectivity index (χ0v) is 13.6. The first kappa shape index (κ1) is 16.9. The Morgan fingerprint density at radius 3 is 2.48 bits per heavy atom. The fourth-order valence-corrected chi connectivity index (χ4v) is 2.17. The summed E-state index contributed by atoms with van der Waals surface area (Å²) in [5, 5.41) is 16.1. The van der Waals surface area contributed by atoms with Gasteiger partial charge in [-0.15, -0.1) is 0 Å². The summed E-state index contributed by atoms with van der Waals surface area (Å²) in [4.78, 5) is 22.3. The Morgan fingerprint density at radius 2 is 1.87 bits per heavy atom. The van der Waals surface area contributed by atoms with E-state index >= 15 is 0 Å². The largest absolute Gasteiger partial charge is 0.332 e. The maximum absolute atomic E-state index is 12.0. The quantitative estimate of drug-likeness (QED) is 0.501. The molecule has 0 unspecified atom stereocenters. The number of benzene rings is 2. The van der Waals surface area contributed by atoms with E-state index in [1.54, 1.807) is 12.1 Å². The van der Waals surface area contributed by atoms with Gasteiger partial charge in [-0.3, -0.25) is 20.2 Å². The summed E-state index contributed by atoms with van der Waals surface area (Å²) in [5.74, 6) is -0.369. The molecule has 118 valence electrons. The number of carbonyl (C=O) groups excluding carboxylic acids is 1. The van der Waals surface area contributed by atoms with Gasteiger partial charge in [0.05, 0.1) is 4.92 Å². The van der Waals surface area contributed by atoms with Crippen LogP contribution in [-0.4, -0.2) is 15.9 Å². The van der Waals surface area contributed by atoms with Crippen molar-refractivity contribution < 1.29 is 9.72 Å². The third-order valence-electron chi connectivity index (χ3n) is 2.94. The van der Waals surface area contributed by atoms with Crippen LogP contribution in [0.3, 0.4) is 0 Å². The van der Waals surface area contributed by atoms with Gasteiger partial charge in [-0.1, -0.05) is 29.3 Å². The standard InChI is InChI=1S/C15H12ClN3O3S/c1-9-2-4-10(5-3-9)14(20)18-15(23)17-11-6-7-12(16)13(8-11)19(21)22/h2-8H,1H3,(H2,17,18,20,23). The summed E-state index contributed by atoms with van der Waals surface area (Å²) >= 11 is 10.8. The zero-order chi connectivity index (χ0) is 17.0. The van der Waals surface area contributed by atoms with Crippen LogP contribution in [0.2, 0.25) is 5.02 Å². The monoisotopic (exact) mass is 349 g/mol. The first-order valence-corrected chi connectivity index (χ1v) is 7.28. The summed E-state index contributed by atoms with van der Waals surface area (Å²) in [5.41, 5.74) is 1.61. The van der Waals surface area contributed by atoms with E-state index in [4.69, 9.17) is 23.8 Å². The molecule has 2 aromatic rings. The van der Waals surface area contributed by atoms with Gasteiger partial charge < -0.3 is 5.32 Å². The lowest BCUT2D eigenvalue weighted by molar-refractivity contribution is -0.384. The minimum absolute atomic E-state index is 0.0233. The summed E-state index contributed by atoms with van der Waals surface area (Å²) < 4.78 is 0. The van der Waals surface area contributed by atoms with Crippen molar-refractivity contribution in [1.29, 1.82) is 0 Å². The SMILES string of the molecule is Cc1ccc(C(=O)NC(=S)Nc2ccc(Cl)c([N+](=O)[O-])c2)cc1. The van der Waals surface area contributed by atoms with Crippen molar-refractivity contribution in [2.24, 2.45) is 0 Å². The highest BCUT2D eigenvalue weighted by Gasteiger charge is 2.14. The van der Waals surface area contributed by atoms with Gasteiger partial charge in [0.15, 0.2) is 5.11 Å². The average molecular weight is 350 g/mol. The number of aryl methyl sites for hydroxylation is 1. The van der Waals surface area contributed by atoms with E-state index in [0.29, 0.717) is 11.3 Å². The molecule has 0 aliphatic rings. The smallest absolute Gasteiger partial charge is 0.289 e. The van der Waals surface area contributed by atoms with Crippen LogP contribution in [0.4, 0.5) is 11.4 Å². The van der Waals surface area contributed by atoms with Crippen LogP contribution < -0.4 is 10.6 Å². The van der Waals surface area contributed by atoms with Gasteiger partial charge in [-0.25, -0.2) is 0 Å². The van der Waals surface area contributed by atoms with E-state index in [1.807, 2.05) is 19.1 Å². The normalized spacial score (nSPS) is 10.0. The molecule has 23 heavy (non-hydrogen) atoms. The molecule has 0 radical (unpaired) electrons. The first-order chi connectivity index (χ1) is 10.9. The van der Waals surface area contributed by atoms with Crippen LogP contribution in [0.25, 0.3) is 0 Å². The zero-order valence-electron chi connectivity index (χ0n) is 12.0. The van der Waals surface area contributed by atoms with Crippen molar-refractivity contribution in [2.45, 2.75) is 6.92 Å². The second kappa shape index (κ2) is 7.17. The number of amides is 1. The van der Waals surface area contributed by atoms with Gasteiger partial charge in [0.1, 0.15) is 5.02 Å². The van der Waals surface area contributed by atoms with Crippen LogP contribution in [0.15, 0.2) is 42.5 Å². The molecule has 0 aromatic heterocycles. The van der Waals surface area contributed by atoms with E-state index in [9.17, 15) is 14.9 Å². The molecule has 0 bridgehead atoms. The number of anilines is 1. The maximum atomic E-state index is 12.0. The fourth-order valence-electron chi connectivity index (χ4n) is 1.77. The maximum Gasteiger partial charge on any atom is 0.289 e. The molecule has 8 heteroatoms. The van der Waals surface area contributed by atoms with E-state index in [0.717, 1.165) is 5.56 Å². The number of carbonyl (C=O) groups is 1. The molecule has 0 saturated heterocycles. The summed E-state index contributed by atoms with van der Waals surface area (Å²) in [7, 11) is 0. The molecular weight excluding hydrogens is 338 g/mol. The van der Waals surface area contributed by atoms with Crippen molar-refractivity contribution in [3.8, 4) is 0 Å². The topological polar surface area (TPSA) is 84.3 Å². The van der Waals surface area contributed by atoms with Gasteiger partial charge >= 0.3 is 0 Å². The number of halogens is 1. The van der Waals surface area contributed by atoms with E-state index in [-0.39, 0.29) is 21.7 Å². The number of nitro groups is 1.